The van der Waals surface area contributed by atoms with Crippen molar-refractivity contribution in [3.63, 3.8) is 0 Å². The van der Waals surface area contributed by atoms with Gasteiger partial charge in [0.05, 0.1) is 11.3 Å². The van der Waals surface area contributed by atoms with E-state index in [0.29, 0.717) is 11.6 Å². The molecule has 3 heterocycles. The van der Waals surface area contributed by atoms with Crippen LogP contribution in [-0.4, -0.2) is 26.0 Å². The average molecular weight is 723 g/mol. The number of pyridine rings is 1. The largest absolute Gasteiger partial charge is 0.485 e. The van der Waals surface area contributed by atoms with Gasteiger partial charge in [-0.3, -0.25) is 4.98 Å². The number of hydrogen-bond acceptors (Lipinski definition) is 5. The smallest absolute Gasteiger partial charge is 0.182 e. The zero-order valence-corrected chi connectivity index (χ0v) is 30.7. The van der Waals surface area contributed by atoms with Gasteiger partial charge >= 0.3 is 0 Å². The summed E-state index contributed by atoms with van der Waals surface area (Å²) in [6.07, 6.45) is 23.4. The zero-order chi connectivity index (χ0) is 37.1. The molecule has 5 nitrogen and oxygen atoms in total. The van der Waals surface area contributed by atoms with E-state index in [1.165, 1.54) is 44.5 Å². The lowest BCUT2D eigenvalue weighted by atomic mass is 9.65. The predicted octanol–water partition coefficient (Wildman–Crippen LogP) is 10.9. The number of rotatable bonds is 6. The molecule has 2 aromatic heterocycles. The Morgan fingerprint density at radius 2 is 1.43 bits per heavy atom. The van der Waals surface area contributed by atoms with Gasteiger partial charge in [-0.2, -0.15) is 0 Å². The maximum atomic E-state index is 6.59. The number of ether oxygens (including phenoxy) is 1. The number of fused-ring (bicyclic) bond motifs is 6. The van der Waals surface area contributed by atoms with Gasteiger partial charge < -0.3 is 4.74 Å². The summed E-state index contributed by atoms with van der Waals surface area (Å²) in [5, 5.41) is 0. The van der Waals surface area contributed by atoms with Gasteiger partial charge in [0.2, 0.25) is 0 Å². The van der Waals surface area contributed by atoms with E-state index in [2.05, 4.69) is 163 Å². The molecule has 4 aromatic carbocycles. The molecule has 0 saturated carbocycles. The first-order chi connectivity index (χ1) is 27.8. The van der Waals surface area contributed by atoms with Crippen LogP contribution < -0.4 is 4.74 Å². The number of benzene rings is 4. The Balaban J connectivity index is 1.02. The summed E-state index contributed by atoms with van der Waals surface area (Å²) in [4.78, 5) is 19.5. The molecule has 268 valence electrons. The molecule has 0 radical (unpaired) electrons. The van der Waals surface area contributed by atoms with Crippen LogP contribution in [0.25, 0.3) is 22.7 Å². The highest BCUT2D eigenvalue weighted by atomic mass is 16.5. The van der Waals surface area contributed by atoms with Crippen molar-refractivity contribution in [3.8, 4) is 17.3 Å². The van der Waals surface area contributed by atoms with Gasteiger partial charge in [-0.1, -0.05) is 152 Å². The first-order valence-electron chi connectivity index (χ1n) is 19.6. The zero-order valence-electron chi connectivity index (χ0n) is 30.7. The Hall–Kier alpha value is -6.72. The van der Waals surface area contributed by atoms with E-state index < -0.39 is 5.41 Å². The van der Waals surface area contributed by atoms with Crippen LogP contribution in [0.4, 0.5) is 0 Å². The summed E-state index contributed by atoms with van der Waals surface area (Å²) in [6, 6.07) is 43.8. The Kier molecular flexibility index (Phi) is 7.73. The molecule has 0 N–H and O–H groups in total. The second-order valence-corrected chi connectivity index (χ2v) is 15.1. The van der Waals surface area contributed by atoms with Gasteiger partial charge in [-0.25, -0.2) is 15.0 Å². The van der Waals surface area contributed by atoms with Gasteiger partial charge in [-0.05, 0) is 76.1 Å². The molecule has 0 bridgehead atoms. The molecular weight excluding hydrogens is 685 g/mol. The third kappa shape index (κ3) is 5.15. The van der Waals surface area contributed by atoms with Crippen LogP contribution in [0.2, 0.25) is 0 Å². The fourth-order valence-electron chi connectivity index (χ4n) is 9.54. The molecular formula is C51H38N4O. The number of nitrogens with zero attached hydrogens (tertiary/aromatic N) is 4. The highest BCUT2D eigenvalue weighted by molar-refractivity contribution is 5.92. The fraction of sp³-hybridized carbons (Fsp3) is 0.137. The minimum atomic E-state index is -0.493. The molecule has 0 spiro atoms. The normalized spacial score (nSPS) is 22.2. The van der Waals surface area contributed by atoms with Crippen LogP contribution in [0.15, 0.2) is 188 Å². The second kappa shape index (κ2) is 13.2. The molecule has 0 saturated heterocycles. The van der Waals surface area contributed by atoms with Gasteiger partial charge in [0.1, 0.15) is 23.4 Å². The fourth-order valence-corrected chi connectivity index (χ4v) is 9.54. The summed E-state index contributed by atoms with van der Waals surface area (Å²) in [5.74, 6) is 3.44. The Labute approximate surface area is 326 Å². The topological polar surface area (TPSA) is 60.8 Å². The van der Waals surface area contributed by atoms with Gasteiger partial charge in [0.25, 0.3) is 0 Å². The van der Waals surface area contributed by atoms with Crippen molar-refractivity contribution in [1.82, 2.24) is 19.9 Å². The number of allylic oxidation sites excluding steroid dienone is 10. The SMILES string of the molecule is C1=CCC(c2nc(C3=CCC(c4ccc5c(c4)C(c4ccccc4)(c4ccccc4)C4=C5C5c6ccccc6OC5C=C4)C=C3)nc(-c3ccccn3)n2)C=C1. The van der Waals surface area contributed by atoms with Crippen LogP contribution >= 0.6 is 0 Å². The van der Waals surface area contributed by atoms with E-state index in [0.717, 1.165) is 35.7 Å². The average Bonchev–Trinajstić information content (AvgIpc) is 3.81. The highest BCUT2D eigenvalue weighted by Gasteiger charge is 2.52. The molecule has 56 heavy (non-hydrogen) atoms. The monoisotopic (exact) mass is 722 g/mol. The summed E-state index contributed by atoms with van der Waals surface area (Å²) in [7, 11) is 0. The van der Waals surface area contributed by atoms with Gasteiger partial charge in [0.15, 0.2) is 11.6 Å². The van der Waals surface area contributed by atoms with E-state index in [1.54, 1.807) is 6.20 Å². The van der Waals surface area contributed by atoms with Crippen LogP contribution in [0, 0.1) is 0 Å². The molecule has 1 aliphatic heterocycles. The van der Waals surface area contributed by atoms with Crippen molar-refractivity contribution in [2.45, 2.75) is 42.1 Å². The van der Waals surface area contributed by atoms with Crippen molar-refractivity contribution in [3.05, 3.63) is 233 Å². The quantitative estimate of drug-likeness (QED) is 0.171. The highest BCUT2D eigenvalue weighted by Crippen LogP contribution is 2.62. The number of para-hydroxylation sites is 1. The first-order valence-corrected chi connectivity index (χ1v) is 19.6. The number of hydrogen-bond donors (Lipinski definition) is 0. The minimum absolute atomic E-state index is 0.0365. The van der Waals surface area contributed by atoms with Crippen LogP contribution in [-0.2, 0) is 5.41 Å². The molecule has 5 heteroatoms. The van der Waals surface area contributed by atoms with E-state index in [9.17, 15) is 0 Å². The van der Waals surface area contributed by atoms with Crippen LogP contribution in [0.3, 0.4) is 0 Å². The standard InChI is InChI=1S/C51H38N4O/c1-4-14-34(15-5-1)48-53-49(55-50(54-48)43-21-12-13-31-52-43)35-25-23-33(24-26-35)36-27-28-39-42(32-36)51(37-16-6-2-7-17-37,38-18-8-3-9-19-38)41-29-30-45-47(46(39)41)40-20-10-11-22-44(40)56-45/h1-14,16-23,25-34,45,47H,15,24H2. The molecule has 5 aliphatic rings. The lowest BCUT2D eigenvalue weighted by molar-refractivity contribution is 0.271. The van der Waals surface area contributed by atoms with Gasteiger partial charge in [-0.15, -0.1) is 0 Å². The van der Waals surface area contributed by atoms with Crippen molar-refractivity contribution in [2.24, 2.45) is 0 Å². The molecule has 6 aromatic rings. The molecule has 4 unspecified atom stereocenters. The lowest BCUT2D eigenvalue weighted by Gasteiger charge is -2.36. The molecule has 0 amide bonds. The summed E-state index contributed by atoms with van der Waals surface area (Å²) < 4.78 is 6.59. The third-order valence-corrected chi connectivity index (χ3v) is 12.1. The summed E-state index contributed by atoms with van der Waals surface area (Å²) >= 11 is 0. The van der Waals surface area contributed by atoms with E-state index in [1.807, 2.05) is 18.2 Å². The van der Waals surface area contributed by atoms with E-state index in [4.69, 9.17) is 19.7 Å². The Morgan fingerprint density at radius 1 is 0.643 bits per heavy atom. The third-order valence-electron chi connectivity index (χ3n) is 12.1. The summed E-state index contributed by atoms with van der Waals surface area (Å²) in [5.41, 5.74) is 11.7. The Bertz CT molecular complexity index is 2650. The van der Waals surface area contributed by atoms with E-state index >= 15 is 0 Å². The van der Waals surface area contributed by atoms with Crippen molar-refractivity contribution < 1.29 is 4.74 Å². The lowest BCUT2D eigenvalue weighted by Crippen LogP contribution is -2.31. The molecule has 4 aliphatic carbocycles. The maximum Gasteiger partial charge on any atom is 0.182 e. The Morgan fingerprint density at radius 3 is 2.18 bits per heavy atom. The molecule has 0 fully saturated rings. The maximum absolute atomic E-state index is 6.59. The number of aromatic nitrogens is 4. The van der Waals surface area contributed by atoms with Crippen molar-refractivity contribution in [1.29, 1.82) is 0 Å². The first kappa shape index (κ1) is 32.7. The van der Waals surface area contributed by atoms with Crippen molar-refractivity contribution in [2.75, 3.05) is 0 Å². The van der Waals surface area contributed by atoms with Crippen molar-refractivity contribution >= 4 is 11.1 Å². The minimum Gasteiger partial charge on any atom is -0.485 e. The predicted molar refractivity (Wildman–Crippen MR) is 222 cm³/mol. The van der Waals surface area contributed by atoms with Crippen LogP contribution in [0.1, 0.15) is 75.6 Å². The van der Waals surface area contributed by atoms with E-state index in [-0.39, 0.29) is 23.9 Å². The van der Waals surface area contributed by atoms with Crippen LogP contribution in [0.5, 0.6) is 5.75 Å². The van der Waals surface area contributed by atoms with Gasteiger partial charge in [0, 0.05) is 29.2 Å². The second-order valence-electron chi connectivity index (χ2n) is 15.1. The molecule has 4 atom stereocenters. The molecule has 11 rings (SSSR count). The summed E-state index contributed by atoms with van der Waals surface area (Å²) in [6.45, 7) is 0.